The number of pyridine rings is 1. The molecular weight excluding hydrogens is 368 g/mol. The molecule has 10 nitrogen and oxygen atoms in total. The van der Waals surface area contributed by atoms with Gasteiger partial charge in [0.25, 0.3) is 5.69 Å². The van der Waals surface area contributed by atoms with Crippen LogP contribution in [0.15, 0.2) is 16.9 Å². The van der Waals surface area contributed by atoms with E-state index in [1.807, 2.05) is 0 Å². The molecule has 12 heteroatoms. The fourth-order valence-electron chi connectivity index (χ4n) is 2.28. The summed E-state index contributed by atoms with van der Waals surface area (Å²) < 4.78 is 35.7. The van der Waals surface area contributed by atoms with Crippen LogP contribution in [0.1, 0.15) is 23.0 Å². The molecule has 0 bridgehead atoms. The van der Waals surface area contributed by atoms with E-state index in [2.05, 4.69) is 4.28 Å². The van der Waals surface area contributed by atoms with Crippen LogP contribution in [-0.2, 0) is 10.4 Å². The van der Waals surface area contributed by atoms with Crippen LogP contribution in [0.5, 0.6) is 0 Å². The lowest BCUT2D eigenvalue weighted by Crippen LogP contribution is -2.28. The quantitative estimate of drug-likeness (QED) is 0.363. The molecule has 2 rings (SSSR count). The molecule has 0 amide bonds. The van der Waals surface area contributed by atoms with E-state index in [9.17, 15) is 28.1 Å². The van der Waals surface area contributed by atoms with Crippen molar-refractivity contribution in [3.8, 4) is 0 Å². The number of ketones is 1. The Hall–Kier alpha value is -2.50. The molecule has 128 valence electrons. The fraction of sp³-hybridized carbons (Fsp3) is 0.167. The van der Waals surface area contributed by atoms with Crippen molar-refractivity contribution in [2.24, 2.45) is 0 Å². The maximum Gasteiger partial charge on any atom is 0.465 e. The highest BCUT2D eigenvalue weighted by atomic mass is 35.5. The Balaban J connectivity index is 3.19. The molecule has 1 heterocycles. The van der Waals surface area contributed by atoms with Crippen LogP contribution in [0.4, 0.5) is 5.69 Å². The number of carbonyl (C=O) groups excluding carboxylic acids is 1. The van der Waals surface area contributed by atoms with E-state index in [-0.39, 0.29) is 10.7 Å². The van der Waals surface area contributed by atoms with Gasteiger partial charge in [0.1, 0.15) is 0 Å². The smallest absolute Gasteiger partial charge is 0.294 e. The third-order valence-corrected chi connectivity index (χ3v) is 3.67. The maximum atomic E-state index is 12.5. The summed E-state index contributed by atoms with van der Waals surface area (Å²) in [6.07, 6.45) is 0. The summed E-state index contributed by atoms with van der Waals surface area (Å²) in [7, 11) is -5.10. The zero-order valence-electron chi connectivity index (χ0n) is 12.1. The zero-order valence-corrected chi connectivity index (χ0v) is 13.7. The van der Waals surface area contributed by atoms with E-state index in [1.165, 1.54) is 0 Å². The van der Waals surface area contributed by atoms with E-state index in [0.717, 1.165) is 26.0 Å². The molecule has 0 aliphatic rings. The SMILES string of the molecule is CC(=O)c1c(C)n(OS(=O)(=O)O)c2c([N+](=O)[O-])cc(Cl)cc2c1=O. The first-order valence-corrected chi connectivity index (χ1v) is 7.90. The van der Waals surface area contributed by atoms with Crippen LogP contribution in [0.2, 0.25) is 5.02 Å². The van der Waals surface area contributed by atoms with Crippen LogP contribution in [-0.4, -0.2) is 28.4 Å². The number of hydrogen-bond donors (Lipinski definition) is 1. The largest absolute Gasteiger partial charge is 0.465 e. The van der Waals surface area contributed by atoms with Gasteiger partial charge in [-0.2, -0.15) is 13.1 Å². The summed E-state index contributed by atoms with van der Waals surface area (Å²) in [5.41, 5.74) is -2.97. The van der Waals surface area contributed by atoms with Crippen molar-refractivity contribution in [3.63, 3.8) is 0 Å². The highest BCUT2D eigenvalue weighted by Gasteiger charge is 2.27. The number of nitro benzene ring substituents is 1. The minimum Gasteiger partial charge on any atom is -0.294 e. The molecule has 0 atom stereocenters. The van der Waals surface area contributed by atoms with Crippen molar-refractivity contribution in [1.29, 1.82) is 0 Å². The number of carbonyl (C=O) groups is 1. The van der Waals surface area contributed by atoms with Crippen LogP contribution in [0.3, 0.4) is 0 Å². The van der Waals surface area contributed by atoms with Crippen LogP contribution in [0.25, 0.3) is 10.9 Å². The number of benzene rings is 1. The molecular formula is C12H9ClN2O8S. The second-order valence-electron chi connectivity index (χ2n) is 4.72. The second-order valence-corrected chi connectivity index (χ2v) is 6.16. The van der Waals surface area contributed by atoms with Crippen LogP contribution in [0, 0.1) is 17.0 Å². The van der Waals surface area contributed by atoms with E-state index >= 15 is 0 Å². The second kappa shape index (κ2) is 5.85. The molecule has 1 aromatic carbocycles. The molecule has 2 aromatic rings. The molecule has 1 aromatic heterocycles. The molecule has 0 aliphatic heterocycles. The lowest BCUT2D eigenvalue weighted by atomic mass is 10.0. The van der Waals surface area contributed by atoms with Gasteiger partial charge < -0.3 is 0 Å². The molecule has 0 radical (unpaired) electrons. The molecule has 0 unspecified atom stereocenters. The Morgan fingerprint density at radius 3 is 2.46 bits per heavy atom. The first kappa shape index (κ1) is 17.8. The van der Waals surface area contributed by atoms with Crippen molar-refractivity contribution in [3.05, 3.63) is 48.8 Å². The van der Waals surface area contributed by atoms with Crippen LogP contribution < -0.4 is 9.71 Å². The lowest BCUT2D eigenvalue weighted by molar-refractivity contribution is -0.383. The molecule has 1 N–H and O–H groups in total. The van der Waals surface area contributed by atoms with Gasteiger partial charge in [-0.15, -0.1) is 0 Å². The third kappa shape index (κ3) is 3.09. The number of hydrogen-bond acceptors (Lipinski definition) is 7. The van der Waals surface area contributed by atoms with E-state index in [4.69, 9.17) is 16.2 Å². The van der Waals surface area contributed by atoms with Gasteiger partial charge in [-0.05, 0) is 19.9 Å². The number of non-ortho nitro benzene ring substituents is 1. The van der Waals surface area contributed by atoms with Crippen molar-refractivity contribution in [1.82, 2.24) is 4.73 Å². The fourth-order valence-corrected chi connectivity index (χ4v) is 2.87. The van der Waals surface area contributed by atoms with Gasteiger partial charge in [0.15, 0.2) is 11.3 Å². The summed E-state index contributed by atoms with van der Waals surface area (Å²) in [5.74, 6) is -0.727. The molecule has 0 fully saturated rings. The predicted molar refractivity (Wildman–Crippen MR) is 82.7 cm³/mol. The summed E-state index contributed by atoms with van der Waals surface area (Å²) in [6.45, 7) is 2.19. The van der Waals surface area contributed by atoms with Crippen molar-refractivity contribution >= 4 is 44.4 Å². The highest BCUT2D eigenvalue weighted by Crippen LogP contribution is 2.29. The average molecular weight is 377 g/mol. The Bertz CT molecular complexity index is 1060. The Morgan fingerprint density at radius 1 is 1.42 bits per heavy atom. The monoisotopic (exact) mass is 376 g/mol. The summed E-state index contributed by atoms with van der Waals surface area (Å²) in [5, 5.41) is 10.6. The van der Waals surface area contributed by atoms with Gasteiger partial charge in [-0.25, -0.2) is 0 Å². The van der Waals surface area contributed by atoms with E-state index < -0.39 is 48.7 Å². The predicted octanol–water partition coefficient (Wildman–Crippen LogP) is 1.31. The first-order valence-electron chi connectivity index (χ1n) is 6.15. The highest BCUT2D eigenvalue weighted by molar-refractivity contribution is 7.81. The molecule has 0 aliphatic carbocycles. The number of halogens is 1. The van der Waals surface area contributed by atoms with Gasteiger partial charge in [0.05, 0.1) is 21.6 Å². The maximum absolute atomic E-state index is 12.5. The minimum absolute atomic E-state index is 0.178. The normalized spacial score (nSPS) is 11.5. The average Bonchev–Trinajstić information content (AvgIpc) is 2.41. The zero-order chi connectivity index (χ0) is 18.4. The van der Waals surface area contributed by atoms with Gasteiger partial charge in [-0.1, -0.05) is 11.6 Å². The number of nitrogens with zero attached hydrogens (tertiary/aromatic N) is 2. The van der Waals surface area contributed by atoms with Crippen LogP contribution >= 0.6 is 11.6 Å². The van der Waals surface area contributed by atoms with Gasteiger partial charge in [0, 0.05) is 11.1 Å². The number of rotatable bonds is 4. The van der Waals surface area contributed by atoms with E-state index in [0.29, 0.717) is 4.73 Å². The van der Waals surface area contributed by atoms with Crippen molar-refractivity contribution in [2.75, 3.05) is 0 Å². The van der Waals surface area contributed by atoms with Crippen molar-refractivity contribution in [2.45, 2.75) is 13.8 Å². The Labute approximate surface area is 139 Å². The number of aromatic nitrogens is 1. The van der Waals surface area contributed by atoms with Crippen molar-refractivity contribution < 1.29 is 27.0 Å². The third-order valence-electron chi connectivity index (χ3n) is 3.11. The molecule has 0 saturated heterocycles. The molecule has 0 spiro atoms. The molecule has 0 saturated carbocycles. The number of Topliss-reactive ketones (excluding diaryl/α,β-unsaturated/α-hetero) is 1. The Morgan fingerprint density at radius 2 is 2.00 bits per heavy atom. The summed E-state index contributed by atoms with van der Waals surface area (Å²) in [4.78, 5) is 34.5. The lowest BCUT2D eigenvalue weighted by Gasteiger charge is -2.15. The summed E-state index contributed by atoms with van der Waals surface area (Å²) in [6, 6.07) is 1.90. The number of fused-ring (bicyclic) bond motifs is 1. The summed E-state index contributed by atoms with van der Waals surface area (Å²) >= 11 is 5.75. The Kier molecular flexibility index (Phi) is 4.35. The minimum atomic E-state index is -5.10. The molecule has 24 heavy (non-hydrogen) atoms. The first-order chi connectivity index (χ1) is 10.9. The van der Waals surface area contributed by atoms with Gasteiger partial charge >= 0.3 is 10.4 Å². The topological polar surface area (TPSA) is 146 Å². The number of nitro groups is 1. The van der Waals surface area contributed by atoms with Gasteiger partial charge in [-0.3, -0.25) is 28.5 Å². The standard InChI is InChI=1S/C12H9ClN2O8S/c1-5-10(6(2)16)12(17)8-3-7(13)4-9(15(18)19)11(8)14(5)23-24(20,21)22/h3-4H,1-2H3,(H,20,21,22). The van der Waals surface area contributed by atoms with Gasteiger partial charge in [0.2, 0.25) is 5.43 Å². The van der Waals surface area contributed by atoms with E-state index in [1.54, 1.807) is 0 Å².